The van der Waals surface area contributed by atoms with Crippen LogP contribution in [0.1, 0.15) is 20.3 Å². The minimum atomic E-state index is -0.412. The van der Waals surface area contributed by atoms with Gasteiger partial charge in [0.2, 0.25) is 5.95 Å². The Bertz CT molecular complexity index is 1270. The summed E-state index contributed by atoms with van der Waals surface area (Å²) in [6, 6.07) is 0. The highest BCUT2D eigenvalue weighted by atomic mass is 16.5. The summed E-state index contributed by atoms with van der Waals surface area (Å²) in [7, 11) is 0. The van der Waals surface area contributed by atoms with E-state index in [9.17, 15) is 9.59 Å². The molecule has 0 aromatic carbocycles. The molecule has 172 valence electrons. The predicted molar refractivity (Wildman–Crippen MR) is 115 cm³/mol. The molecule has 4 heterocycles. The van der Waals surface area contributed by atoms with Gasteiger partial charge in [-0.3, -0.25) is 9.59 Å². The highest BCUT2D eigenvalue weighted by Gasteiger charge is 2.20. The van der Waals surface area contributed by atoms with Crippen LogP contribution in [-0.4, -0.2) is 71.0 Å². The van der Waals surface area contributed by atoms with Gasteiger partial charge in [0.25, 0.3) is 0 Å². The van der Waals surface area contributed by atoms with Crippen LogP contribution in [-0.2, 0) is 19.1 Å². The lowest BCUT2D eigenvalue weighted by Crippen LogP contribution is -2.41. The average Bonchev–Trinajstić information content (AvgIpc) is 3.40. The summed E-state index contributed by atoms with van der Waals surface area (Å²) < 4.78 is 13.8. The number of nitrogens with zero attached hydrogens (tertiary/aromatic N) is 9. The van der Waals surface area contributed by atoms with Crippen LogP contribution in [0.25, 0.3) is 22.3 Å². The first-order chi connectivity index (χ1) is 15.9. The third kappa shape index (κ3) is 4.94. The Balaban J connectivity index is 1.68. The van der Waals surface area contributed by atoms with E-state index in [0.717, 1.165) is 0 Å². The van der Waals surface area contributed by atoms with Crippen molar-refractivity contribution >= 4 is 40.2 Å². The number of nitrogens with two attached hydrogens (primary N) is 1. The molecule has 0 atom stereocenters. The highest BCUT2D eigenvalue weighted by Crippen LogP contribution is 2.17. The summed E-state index contributed by atoms with van der Waals surface area (Å²) in [5, 5.41) is 1.81. The Hall–Kier alpha value is -4.36. The molecule has 4 aromatic rings. The molecule has 2 N–H and O–H groups in total. The molecule has 0 aliphatic heterocycles. The molecular weight excluding hydrogens is 432 g/mol. The second kappa shape index (κ2) is 9.42. The first kappa shape index (κ1) is 21.9. The molecule has 0 bridgehead atoms. The van der Waals surface area contributed by atoms with Crippen molar-refractivity contribution in [2.45, 2.75) is 20.3 Å². The van der Waals surface area contributed by atoms with Crippen LogP contribution in [0, 0.1) is 5.92 Å². The normalized spacial score (nSPS) is 11.2. The predicted octanol–water partition coefficient (Wildman–Crippen LogP) is 0.0820. The number of nitrogen functional groups attached to an aromatic ring is 1. The summed E-state index contributed by atoms with van der Waals surface area (Å²) in [5.41, 5.74) is 7.99. The maximum absolute atomic E-state index is 11.3. The van der Waals surface area contributed by atoms with Crippen LogP contribution in [0.15, 0.2) is 31.4 Å². The molecular formula is C19H22N10O4. The van der Waals surface area contributed by atoms with Gasteiger partial charge in [-0.1, -0.05) is 0 Å². The van der Waals surface area contributed by atoms with Gasteiger partial charge in [-0.2, -0.15) is 4.98 Å². The first-order valence-corrected chi connectivity index (χ1v) is 10.1. The molecule has 4 rings (SSSR count). The van der Waals surface area contributed by atoms with E-state index in [4.69, 9.17) is 15.2 Å². The van der Waals surface area contributed by atoms with Crippen molar-refractivity contribution in [2.24, 2.45) is 5.92 Å². The quantitative estimate of drug-likeness (QED) is 0.338. The van der Waals surface area contributed by atoms with Gasteiger partial charge in [-0.25, -0.2) is 39.4 Å². The first-order valence-electron chi connectivity index (χ1n) is 10.1. The second-order valence-electron chi connectivity index (χ2n) is 7.20. The molecule has 0 aliphatic rings. The van der Waals surface area contributed by atoms with Gasteiger partial charge in [0.1, 0.15) is 30.0 Å². The molecule has 14 heteroatoms. The molecule has 0 fully saturated rings. The number of fused-ring (bicyclic) bond motifs is 2. The van der Waals surface area contributed by atoms with E-state index in [1.807, 2.05) is 5.12 Å². The fraction of sp³-hybridized carbons (Fsp3) is 0.368. The van der Waals surface area contributed by atoms with Gasteiger partial charge < -0.3 is 15.2 Å². The number of ether oxygens (including phenoxy) is 2. The average molecular weight is 454 g/mol. The lowest BCUT2D eigenvalue weighted by atomic mass is 10.1. The van der Waals surface area contributed by atoms with Crippen molar-refractivity contribution in [1.29, 1.82) is 0 Å². The largest absolute Gasteiger partial charge is 0.465 e. The molecule has 4 aromatic heterocycles. The van der Waals surface area contributed by atoms with Gasteiger partial charge in [0.05, 0.1) is 32.2 Å². The van der Waals surface area contributed by atoms with Crippen molar-refractivity contribution < 1.29 is 19.1 Å². The molecule has 0 radical (unpaired) electrons. The van der Waals surface area contributed by atoms with E-state index in [2.05, 4.69) is 29.9 Å². The highest BCUT2D eigenvalue weighted by molar-refractivity contribution is 5.72. The van der Waals surface area contributed by atoms with Crippen LogP contribution in [0.5, 0.6) is 0 Å². The van der Waals surface area contributed by atoms with Crippen molar-refractivity contribution in [1.82, 2.24) is 39.3 Å². The summed E-state index contributed by atoms with van der Waals surface area (Å²) in [5.74, 6) is -0.971. The van der Waals surface area contributed by atoms with E-state index >= 15 is 0 Å². The molecule has 14 nitrogen and oxygen atoms in total. The molecule has 0 aliphatic carbocycles. The van der Waals surface area contributed by atoms with Crippen molar-refractivity contribution in [2.75, 3.05) is 30.6 Å². The lowest BCUT2D eigenvalue weighted by molar-refractivity contribution is -0.146. The molecule has 0 saturated heterocycles. The van der Waals surface area contributed by atoms with Gasteiger partial charge >= 0.3 is 11.9 Å². The minimum absolute atomic E-state index is 0.101. The molecule has 0 spiro atoms. The number of esters is 2. The Labute approximate surface area is 187 Å². The zero-order valence-electron chi connectivity index (χ0n) is 18.0. The number of anilines is 1. The van der Waals surface area contributed by atoms with Crippen LogP contribution >= 0.6 is 0 Å². The third-order valence-corrected chi connectivity index (χ3v) is 4.78. The number of imidazole rings is 2. The number of rotatable bonds is 9. The Morgan fingerprint density at radius 3 is 2.48 bits per heavy atom. The van der Waals surface area contributed by atoms with Gasteiger partial charge in [0, 0.05) is 19.8 Å². The van der Waals surface area contributed by atoms with Gasteiger partial charge in [-0.15, -0.1) is 0 Å². The van der Waals surface area contributed by atoms with Crippen LogP contribution in [0.3, 0.4) is 0 Å². The minimum Gasteiger partial charge on any atom is -0.465 e. The van der Waals surface area contributed by atoms with Crippen molar-refractivity contribution in [3.8, 4) is 0 Å². The molecule has 33 heavy (non-hydrogen) atoms. The molecule has 0 unspecified atom stereocenters. The van der Waals surface area contributed by atoms with E-state index in [1.165, 1.54) is 26.4 Å². The standard InChI is InChI=1S/C19H22N10O4/c1-12(30)32-7-14(8-33-13(2)31)3-4-29(27-11-25-17-16(27)6-21-9-23-17)28-10-24-15-5-22-19(20)26-18(15)28/h5-6,9-11,14H,3-4,7-8H2,1-2H3,(H2,20,22,26). The lowest BCUT2D eigenvalue weighted by Gasteiger charge is -2.28. The zero-order chi connectivity index (χ0) is 23.4. The summed E-state index contributed by atoms with van der Waals surface area (Å²) >= 11 is 0. The number of hydrogen-bond donors (Lipinski definition) is 1. The topological polar surface area (TPSA) is 169 Å². The van der Waals surface area contributed by atoms with Crippen LogP contribution in [0.2, 0.25) is 0 Å². The zero-order valence-corrected chi connectivity index (χ0v) is 18.0. The third-order valence-electron chi connectivity index (χ3n) is 4.78. The summed E-state index contributed by atoms with van der Waals surface area (Å²) in [6.45, 7) is 3.24. The number of aromatic nitrogens is 8. The van der Waals surface area contributed by atoms with Gasteiger partial charge in [0.15, 0.2) is 11.3 Å². The molecule has 0 amide bonds. The van der Waals surface area contributed by atoms with E-state index < -0.39 is 11.9 Å². The fourth-order valence-electron chi connectivity index (χ4n) is 3.21. The Morgan fingerprint density at radius 1 is 1.03 bits per heavy atom. The van der Waals surface area contributed by atoms with E-state index in [0.29, 0.717) is 35.3 Å². The summed E-state index contributed by atoms with van der Waals surface area (Å²) in [6.07, 6.45) is 8.25. The fourth-order valence-corrected chi connectivity index (χ4v) is 3.21. The van der Waals surface area contributed by atoms with Crippen LogP contribution < -0.4 is 10.9 Å². The van der Waals surface area contributed by atoms with Crippen molar-refractivity contribution in [3.05, 3.63) is 31.4 Å². The Kier molecular flexibility index (Phi) is 6.24. The van der Waals surface area contributed by atoms with E-state index in [1.54, 1.807) is 28.2 Å². The maximum atomic E-state index is 11.3. The number of carbonyl (C=O) groups is 2. The van der Waals surface area contributed by atoms with E-state index in [-0.39, 0.29) is 25.1 Å². The number of carbonyl (C=O) groups excluding carboxylic acids is 2. The van der Waals surface area contributed by atoms with Crippen molar-refractivity contribution in [3.63, 3.8) is 0 Å². The molecule has 0 saturated carbocycles. The summed E-state index contributed by atoms with van der Waals surface area (Å²) in [4.78, 5) is 47.9. The maximum Gasteiger partial charge on any atom is 0.302 e. The van der Waals surface area contributed by atoms with Crippen LogP contribution in [0.4, 0.5) is 5.95 Å². The van der Waals surface area contributed by atoms with Gasteiger partial charge in [-0.05, 0) is 6.42 Å². The monoisotopic (exact) mass is 454 g/mol. The number of hydrogen-bond acceptors (Lipinski definition) is 12. The SMILES string of the molecule is CC(=O)OCC(CCN(n1cnc2ncncc21)n1cnc2cnc(N)nc21)COC(C)=O. The second-order valence-corrected chi connectivity index (χ2v) is 7.20. The Morgan fingerprint density at radius 2 is 1.76 bits per heavy atom. The smallest absolute Gasteiger partial charge is 0.302 e.